The van der Waals surface area contributed by atoms with Gasteiger partial charge in [-0.2, -0.15) is 0 Å². The topological polar surface area (TPSA) is 51.2 Å². The van der Waals surface area contributed by atoms with E-state index in [4.69, 9.17) is 4.74 Å². The van der Waals surface area contributed by atoms with Gasteiger partial charge in [0, 0.05) is 18.7 Å². The van der Waals surface area contributed by atoms with E-state index in [9.17, 15) is 4.79 Å². The SMILES string of the molecule is CCOCc1ccccc1CNC(=O)c1cnc(-c2ccccc2)s1. The molecule has 0 fully saturated rings. The number of carbonyl (C=O) groups excluding carboxylic acids is 1. The van der Waals surface area contributed by atoms with Crippen molar-refractivity contribution in [3.05, 3.63) is 76.8 Å². The number of hydrogen-bond donors (Lipinski definition) is 1. The van der Waals surface area contributed by atoms with Crippen LogP contribution in [0.25, 0.3) is 10.6 Å². The lowest BCUT2D eigenvalue weighted by Gasteiger charge is -2.10. The zero-order valence-electron chi connectivity index (χ0n) is 14.1. The van der Waals surface area contributed by atoms with Crippen molar-refractivity contribution in [2.75, 3.05) is 6.61 Å². The standard InChI is InChI=1S/C20H20N2O2S/c1-2-24-14-17-11-7-6-10-16(17)12-21-19(23)18-13-22-20(25-18)15-8-4-3-5-9-15/h3-11,13H,2,12,14H2,1H3,(H,21,23). The number of ether oxygens (including phenoxy) is 1. The molecule has 0 aliphatic carbocycles. The Morgan fingerprint density at radius 2 is 1.80 bits per heavy atom. The van der Waals surface area contributed by atoms with Crippen LogP contribution in [0.2, 0.25) is 0 Å². The highest BCUT2D eigenvalue weighted by Crippen LogP contribution is 2.24. The lowest BCUT2D eigenvalue weighted by atomic mass is 10.1. The average Bonchev–Trinajstić information content (AvgIpc) is 3.16. The second-order valence-electron chi connectivity index (χ2n) is 5.48. The number of hydrogen-bond acceptors (Lipinski definition) is 4. The van der Waals surface area contributed by atoms with E-state index in [0.29, 0.717) is 24.6 Å². The van der Waals surface area contributed by atoms with Crippen molar-refractivity contribution in [3.8, 4) is 10.6 Å². The van der Waals surface area contributed by atoms with E-state index in [1.807, 2.05) is 61.5 Å². The minimum absolute atomic E-state index is 0.106. The van der Waals surface area contributed by atoms with Crippen LogP contribution in [0, 0.1) is 0 Å². The van der Waals surface area contributed by atoms with Gasteiger partial charge in [0.25, 0.3) is 5.91 Å². The van der Waals surface area contributed by atoms with Gasteiger partial charge in [-0.05, 0) is 18.1 Å². The lowest BCUT2D eigenvalue weighted by Crippen LogP contribution is -2.22. The molecule has 0 saturated heterocycles. The number of amides is 1. The van der Waals surface area contributed by atoms with Crippen molar-refractivity contribution in [2.24, 2.45) is 0 Å². The fourth-order valence-corrected chi connectivity index (χ4v) is 3.28. The van der Waals surface area contributed by atoms with E-state index >= 15 is 0 Å². The van der Waals surface area contributed by atoms with Gasteiger partial charge in [-0.15, -0.1) is 11.3 Å². The van der Waals surface area contributed by atoms with Crippen molar-refractivity contribution in [2.45, 2.75) is 20.1 Å². The lowest BCUT2D eigenvalue weighted by molar-refractivity contribution is 0.0953. The van der Waals surface area contributed by atoms with Crippen LogP contribution in [0.5, 0.6) is 0 Å². The number of nitrogens with one attached hydrogen (secondary N) is 1. The maximum absolute atomic E-state index is 12.4. The van der Waals surface area contributed by atoms with Crippen LogP contribution in [0.1, 0.15) is 27.7 Å². The summed E-state index contributed by atoms with van der Waals surface area (Å²) in [5, 5.41) is 3.82. The van der Waals surface area contributed by atoms with Gasteiger partial charge in [-0.1, -0.05) is 54.6 Å². The number of carbonyl (C=O) groups is 1. The Hall–Kier alpha value is -2.50. The molecule has 0 saturated carbocycles. The van der Waals surface area contributed by atoms with Crippen molar-refractivity contribution < 1.29 is 9.53 Å². The van der Waals surface area contributed by atoms with Crippen molar-refractivity contribution in [3.63, 3.8) is 0 Å². The summed E-state index contributed by atoms with van der Waals surface area (Å²) in [5.74, 6) is -0.106. The summed E-state index contributed by atoms with van der Waals surface area (Å²) in [5.41, 5.74) is 3.18. The smallest absolute Gasteiger partial charge is 0.263 e. The van der Waals surface area contributed by atoms with Crippen molar-refractivity contribution in [1.82, 2.24) is 10.3 Å². The summed E-state index contributed by atoms with van der Waals surface area (Å²) in [6.45, 7) is 3.67. The second-order valence-corrected chi connectivity index (χ2v) is 6.51. The predicted molar refractivity (Wildman–Crippen MR) is 100 cm³/mol. The molecule has 0 unspecified atom stereocenters. The monoisotopic (exact) mass is 352 g/mol. The van der Waals surface area contributed by atoms with Crippen LogP contribution in [0.3, 0.4) is 0 Å². The molecule has 1 aromatic heterocycles. The van der Waals surface area contributed by atoms with Crippen LogP contribution in [-0.4, -0.2) is 17.5 Å². The van der Waals surface area contributed by atoms with E-state index in [0.717, 1.165) is 21.7 Å². The van der Waals surface area contributed by atoms with Gasteiger partial charge in [-0.25, -0.2) is 4.98 Å². The van der Waals surface area contributed by atoms with Gasteiger partial charge in [0.2, 0.25) is 0 Å². The number of benzene rings is 2. The van der Waals surface area contributed by atoms with E-state index in [1.165, 1.54) is 11.3 Å². The summed E-state index contributed by atoms with van der Waals surface area (Å²) >= 11 is 1.40. The quantitative estimate of drug-likeness (QED) is 0.690. The minimum Gasteiger partial charge on any atom is -0.377 e. The number of rotatable bonds is 7. The molecule has 128 valence electrons. The van der Waals surface area contributed by atoms with Gasteiger partial charge < -0.3 is 10.1 Å². The fraction of sp³-hybridized carbons (Fsp3) is 0.200. The molecule has 5 heteroatoms. The molecule has 1 amide bonds. The first-order chi connectivity index (χ1) is 12.3. The fourth-order valence-electron chi connectivity index (χ4n) is 2.44. The zero-order chi connectivity index (χ0) is 17.5. The largest absolute Gasteiger partial charge is 0.377 e. The Morgan fingerprint density at radius 3 is 2.56 bits per heavy atom. The summed E-state index contributed by atoms with van der Waals surface area (Å²) in [7, 11) is 0. The van der Waals surface area contributed by atoms with E-state index in [1.54, 1.807) is 6.20 Å². The van der Waals surface area contributed by atoms with Gasteiger partial charge in [0.05, 0.1) is 12.8 Å². The van der Waals surface area contributed by atoms with Crippen LogP contribution in [-0.2, 0) is 17.9 Å². The minimum atomic E-state index is -0.106. The molecular weight excluding hydrogens is 332 g/mol. The summed E-state index contributed by atoms with van der Waals surface area (Å²) in [6, 6.07) is 17.9. The zero-order valence-corrected chi connectivity index (χ0v) is 14.9. The van der Waals surface area contributed by atoms with Gasteiger partial charge >= 0.3 is 0 Å². The first kappa shape index (κ1) is 17.3. The van der Waals surface area contributed by atoms with E-state index in [2.05, 4.69) is 10.3 Å². The highest BCUT2D eigenvalue weighted by atomic mass is 32.1. The molecule has 2 aromatic carbocycles. The Morgan fingerprint density at radius 1 is 1.08 bits per heavy atom. The van der Waals surface area contributed by atoms with Crippen LogP contribution in [0.4, 0.5) is 0 Å². The molecule has 4 nitrogen and oxygen atoms in total. The number of nitrogens with zero attached hydrogens (tertiary/aromatic N) is 1. The molecule has 0 aliphatic rings. The predicted octanol–water partition coefficient (Wildman–Crippen LogP) is 4.28. The summed E-state index contributed by atoms with van der Waals surface area (Å²) in [4.78, 5) is 17.4. The second kappa shape index (κ2) is 8.55. The molecular formula is C20H20N2O2S. The average molecular weight is 352 g/mol. The molecule has 0 aliphatic heterocycles. The molecule has 0 bridgehead atoms. The Labute approximate surface area is 151 Å². The van der Waals surface area contributed by atoms with E-state index in [-0.39, 0.29) is 5.91 Å². The highest BCUT2D eigenvalue weighted by molar-refractivity contribution is 7.16. The third-order valence-corrected chi connectivity index (χ3v) is 4.81. The molecule has 1 heterocycles. The van der Waals surface area contributed by atoms with Gasteiger partial charge in [0.15, 0.2) is 0 Å². The van der Waals surface area contributed by atoms with Gasteiger partial charge in [-0.3, -0.25) is 4.79 Å². The van der Waals surface area contributed by atoms with Crippen LogP contribution in [0.15, 0.2) is 60.8 Å². The molecule has 3 rings (SSSR count). The summed E-state index contributed by atoms with van der Waals surface area (Å²) in [6.07, 6.45) is 1.63. The molecule has 1 N–H and O–H groups in total. The van der Waals surface area contributed by atoms with E-state index < -0.39 is 0 Å². The highest BCUT2D eigenvalue weighted by Gasteiger charge is 2.12. The molecule has 0 atom stereocenters. The molecule has 0 spiro atoms. The molecule has 25 heavy (non-hydrogen) atoms. The summed E-state index contributed by atoms with van der Waals surface area (Å²) < 4.78 is 5.48. The number of aromatic nitrogens is 1. The Kier molecular flexibility index (Phi) is 5.93. The van der Waals surface area contributed by atoms with Crippen LogP contribution < -0.4 is 5.32 Å². The Balaban J connectivity index is 1.65. The maximum Gasteiger partial charge on any atom is 0.263 e. The first-order valence-electron chi connectivity index (χ1n) is 8.22. The molecule has 3 aromatic rings. The van der Waals surface area contributed by atoms with Crippen molar-refractivity contribution in [1.29, 1.82) is 0 Å². The van der Waals surface area contributed by atoms with Crippen LogP contribution >= 0.6 is 11.3 Å². The first-order valence-corrected chi connectivity index (χ1v) is 9.03. The third kappa shape index (κ3) is 4.53. The van der Waals surface area contributed by atoms with Crippen molar-refractivity contribution >= 4 is 17.2 Å². The van der Waals surface area contributed by atoms with Gasteiger partial charge in [0.1, 0.15) is 9.88 Å². The normalized spacial score (nSPS) is 10.6. The number of thiazole rings is 1. The third-order valence-electron chi connectivity index (χ3n) is 3.77. The maximum atomic E-state index is 12.4. The Bertz CT molecular complexity index is 830. The molecule has 0 radical (unpaired) electrons.